The van der Waals surface area contributed by atoms with E-state index in [1.54, 1.807) is 16.4 Å². The second-order valence-electron chi connectivity index (χ2n) is 6.19. The van der Waals surface area contributed by atoms with Gasteiger partial charge in [-0.25, -0.2) is 13.4 Å². The molecule has 0 radical (unpaired) electrons. The SMILES string of the molecule is CC(C)(N)CNc1ccc(S(=O)(=O)N2CCCCC2)cn1. The lowest BCUT2D eigenvalue weighted by molar-refractivity contribution is 0.346. The summed E-state index contributed by atoms with van der Waals surface area (Å²) in [7, 11) is -3.40. The van der Waals surface area contributed by atoms with Crippen LogP contribution in [0.5, 0.6) is 0 Å². The molecule has 7 heteroatoms. The number of aromatic nitrogens is 1. The Morgan fingerprint density at radius 2 is 1.95 bits per heavy atom. The quantitative estimate of drug-likeness (QED) is 0.858. The van der Waals surface area contributed by atoms with E-state index in [9.17, 15) is 8.42 Å². The fourth-order valence-corrected chi connectivity index (χ4v) is 3.67. The first-order valence-corrected chi connectivity index (χ1v) is 8.72. The molecule has 0 amide bonds. The third-order valence-electron chi connectivity index (χ3n) is 3.41. The minimum Gasteiger partial charge on any atom is -0.368 e. The van der Waals surface area contributed by atoms with Crippen LogP contribution >= 0.6 is 0 Å². The van der Waals surface area contributed by atoms with Gasteiger partial charge in [0.1, 0.15) is 10.7 Å². The van der Waals surface area contributed by atoms with Gasteiger partial charge in [-0.15, -0.1) is 0 Å². The fourth-order valence-electron chi connectivity index (χ4n) is 2.21. The Labute approximate surface area is 126 Å². The molecule has 21 heavy (non-hydrogen) atoms. The molecule has 1 aromatic heterocycles. The molecule has 118 valence electrons. The minimum absolute atomic E-state index is 0.252. The van der Waals surface area contributed by atoms with Gasteiger partial charge >= 0.3 is 0 Å². The molecule has 6 nitrogen and oxygen atoms in total. The molecule has 1 aromatic rings. The standard InChI is InChI=1S/C14H24N4O2S/c1-14(2,15)11-17-13-7-6-12(10-16-13)21(19,20)18-8-4-3-5-9-18/h6-7,10H,3-5,8-9,11,15H2,1-2H3,(H,16,17). The normalized spacial score (nSPS) is 17.7. The zero-order valence-corrected chi connectivity index (χ0v) is 13.5. The van der Waals surface area contributed by atoms with E-state index in [0.717, 1.165) is 19.3 Å². The van der Waals surface area contributed by atoms with Gasteiger partial charge in [0.25, 0.3) is 0 Å². The van der Waals surface area contributed by atoms with E-state index in [-0.39, 0.29) is 10.4 Å². The summed E-state index contributed by atoms with van der Waals surface area (Å²) in [6.07, 6.45) is 4.37. The summed E-state index contributed by atoms with van der Waals surface area (Å²) in [4.78, 5) is 4.42. The van der Waals surface area contributed by atoms with Crippen molar-refractivity contribution in [3.8, 4) is 0 Å². The van der Waals surface area contributed by atoms with Crippen LogP contribution in [0.1, 0.15) is 33.1 Å². The number of rotatable bonds is 5. The van der Waals surface area contributed by atoms with Gasteiger partial charge in [0.2, 0.25) is 10.0 Å². The van der Waals surface area contributed by atoms with Gasteiger partial charge in [0.15, 0.2) is 0 Å². The van der Waals surface area contributed by atoms with E-state index in [1.165, 1.54) is 6.20 Å². The van der Waals surface area contributed by atoms with Crippen LogP contribution in [-0.4, -0.2) is 42.9 Å². The monoisotopic (exact) mass is 312 g/mol. The zero-order chi connectivity index (χ0) is 15.5. The van der Waals surface area contributed by atoms with E-state index >= 15 is 0 Å². The van der Waals surface area contributed by atoms with Gasteiger partial charge in [-0.2, -0.15) is 4.31 Å². The third kappa shape index (κ3) is 4.39. The van der Waals surface area contributed by atoms with Crippen molar-refractivity contribution in [3.63, 3.8) is 0 Å². The number of nitrogens with two attached hydrogens (primary N) is 1. The maximum atomic E-state index is 12.5. The molecular formula is C14H24N4O2S. The predicted molar refractivity (Wildman–Crippen MR) is 83.6 cm³/mol. The van der Waals surface area contributed by atoms with Crippen LogP contribution in [0.3, 0.4) is 0 Å². The molecule has 1 aliphatic heterocycles. The predicted octanol–water partition coefficient (Wildman–Crippen LogP) is 1.41. The molecule has 1 saturated heterocycles. The Balaban J connectivity index is 2.07. The average Bonchev–Trinajstić information content (AvgIpc) is 2.46. The molecule has 0 spiro atoms. The van der Waals surface area contributed by atoms with Crippen molar-refractivity contribution in [2.45, 2.75) is 43.5 Å². The molecule has 0 aliphatic carbocycles. The molecular weight excluding hydrogens is 288 g/mol. The summed E-state index contributed by atoms with van der Waals surface area (Å²) in [5.41, 5.74) is 5.54. The first-order chi connectivity index (χ1) is 9.79. The Hall–Kier alpha value is -1.18. The van der Waals surface area contributed by atoms with Gasteiger partial charge in [0.05, 0.1) is 0 Å². The molecule has 3 N–H and O–H groups in total. The maximum absolute atomic E-state index is 12.5. The molecule has 0 aromatic carbocycles. The van der Waals surface area contributed by atoms with Crippen LogP contribution in [-0.2, 0) is 10.0 Å². The lowest BCUT2D eigenvalue weighted by Gasteiger charge is -2.25. The Bertz CT molecular complexity index is 558. The van der Waals surface area contributed by atoms with Crippen molar-refractivity contribution in [2.75, 3.05) is 25.0 Å². The van der Waals surface area contributed by atoms with E-state index < -0.39 is 10.0 Å². The topological polar surface area (TPSA) is 88.3 Å². The van der Waals surface area contributed by atoms with Crippen molar-refractivity contribution in [1.82, 2.24) is 9.29 Å². The van der Waals surface area contributed by atoms with E-state index in [1.807, 2.05) is 13.8 Å². The largest absolute Gasteiger partial charge is 0.368 e. The summed E-state index contributed by atoms with van der Waals surface area (Å²) in [6.45, 7) is 5.59. The van der Waals surface area contributed by atoms with Gasteiger partial charge in [-0.1, -0.05) is 6.42 Å². The maximum Gasteiger partial charge on any atom is 0.244 e. The minimum atomic E-state index is -3.40. The van der Waals surface area contributed by atoms with Crippen molar-refractivity contribution in [3.05, 3.63) is 18.3 Å². The highest BCUT2D eigenvalue weighted by molar-refractivity contribution is 7.89. The van der Waals surface area contributed by atoms with Gasteiger partial charge in [-0.3, -0.25) is 0 Å². The lowest BCUT2D eigenvalue weighted by atomic mass is 10.1. The first kappa shape index (κ1) is 16.2. The lowest BCUT2D eigenvalue weighted by Crippen LogP contribution is -2.39. The summed E-state index contributed by atoms with van der Waals surface area (Å²) in [5.74, 6) is 0.631. The average molecular weight is 312 g/mol. The number of hydrogen-bond acceptors (Lipinski definition) is 5. The van der Waals surface area contributed by atoms with Gasteiger partial charge in [-0.05, 0) is 38.8 Å². The molecule has 2 heterocycles. The van der Waals surface area contributed by atoms with Crippen molar-refractivity contribution >= 4 is 15.8 Å². The number of nitrogens with zero attached hydrogens (tertiary/aromatic N) is 2. The van der Waals surface area contributed by atoms with Gasteiger partial charge < -0.3 is 11.1 Å². The van der Waals surface area contributed by atoms with Gasteiger partial charge in [0, 0.05) is 31.4 Å². The smallest absolute Gasteiger partial charge is 0.244 e. The Morgan fingerprint density at radius 3 is 2.48 bits per heavy atom. The van der Waals surface area contributed by atoms with E-state index in [2.05, 4.69) is 10.3 Å². The Morgan fingerprint density at radius 1 is 1.29 bits per heavy atom. The number of nitrogens with one attached hydrogen (secondary N) is 1. The summed E-state index contributed by atoms with van der Waals surface area (Å²) >= 11 is 0. The van der Waals surface area contributed by atoms with Crippen LogP contribution in [0, 0.1) is 0 Å². The number of sulfonamides is 1. The van der Waals surface area contributed by atoms with Crippen LogP contribution in [0.15, 0.2) is 23.2 Å². The van der Waals surface area contributed by atoms with Crippen LogP contribution < -0.4 is 11.1 Å². The molecule has 1 aliphatic rings. The van der Waals surface area contributed by atoms with Crippen molar-refractivity contribution < 1.29 is 8.42 Å². The molecule has 0 bridgehead atoms. The summed E-state index contributed by atoms with van der Waals surface area (Å²) in [5, 5.41) is 3.10. The summed E-state index contributed by atoms with van der Waals surface area (Å²) in [6, 6.07) is 3.28. The van der Waals surface area contributed by atoms with Crippen molar-refractivity contribution in [1.29, 1.82) is 0 Å². The van der Waals surface area contributed by atoms with Crippen molar-refractivity contribution in [2.24, 2.45) is 5.73 Å². The zero-order valence-electron chi connectivity index (χ0n) is 12.7. The molecule has 0 atom stereocenters. The summed E-state index contributed by atoms with van der Waals surface area (Å²) < 4.78 is 26.5. The van der Waals surface area contributed by atoms with Crippen LogP contribution in [0.4, 0.5) is 5.82 Å². The second-order valence-corrected chi connectivity index (χ2v) is 8.12. The fraction of sp³-hybridized carbons (Fsp3) is 0.643. The number of anilines is 1. The van der Waals surface area contributed by atoms with Crippen LogP contribution in [0.2, 0.25) is 0 Å². The van der Waals surface area contributed by atoms with E-state index in [4.69, 9.17) is 5.73 Å². The second kappa shape index (κ2) is 6.29. The molecule has 0 unspecified atom stereocenters. The molecule has 0 saturated carbocycles. The number of pyridine rings is 1. The highest BCUT2D eigenvalue weighted by atomic mass is 32.2. The third-order valence-corrected chi connectivity index (χ3v) is 5.30. The van der Waals surface area contributed by atoms with E-state index in [0.29, 0.717) is 25.5 Å². The number of piperidine rings is 1. The number of hydrogen-bond donors (Lipinski definition) is 2. The molecule has 2 rings (SSSR count). The highest BCUT2D eigenvalue weighted by Gasteiger charge is 2.26. The first-order valence-electron chi connectivity index (χ1n) is 7.28. The molecule has 1 fully saturated rings. The highest BCUT2D eigenvalue weighted by Crippen LogP contribution is 2.20. The van der Waals surface area contributed by atoms with Crippen LogP contribution in [0.25, 0.3) is 0 Å². The Kier molecular flexibility index (Phi) is 4.85.